The van der Waals surface area contributed by atoms with Gasteiger partial charge in [0, 0.05) is 0 Å². The van der Waals surface area contributed by atoms with E-state index in [-0.39, 0.29) is 11.6 Å². The topological polar surface area (TPSA) is 139 Å². The lowest BCUT2D eigenvalue weighted by Gasteiger charge is -2.44. The summed E-state index contributed by atoms with van der Waals surface area (Å²) in [7, 11) is 0. The Morgan fingerprint density at radius 3 is 2.66 bits per heavy atom. The van der Waals surface area contributed by atoms with Crippen LogP contribution in [0.3, 0.4) is 0 Å². The van der Waals surface area contributed by atoms with E-state index in [0.717, 1.165) is 0 Å². The Hall–Kier alpha value is -3.40. The third-order valence-electron chi connectivity index (χ3n) is 5.68. The van der Waals surface area contributed by atoms with Crippen LogP contribution in [-0.4, -0.2) is 51.8 Å². The van der Waals surface area contributed by atoms with Crippen LogP contribution in [0.1, 0.15) is 39.7 Å². The number of carbonyl (C=O) groups is 3. The molecule has 10 heteroatoms. The number of aromatic amines is 1. The van der Waals surface area contributed by atoms with Gasteiger partial charge in [0.2, 0.25) is 12.7 Å². The van der Waals surface area contributed by atoms with Crippen LogP contribution in [-0.2, 0) is 23.9 Å². The molecule has 0 unspecified atom stereocenters. The fourth-order valence-electron chi connectivity index (χ4n) is 4.08. The van der Waals surface area contributed by atoms with Gasteiger partial charge in [-0.15, -0.1) is 0 Å². The molecular formula is C22H24N2O8. The van der Waals surface area contributed by atoms with E-state index in [2.05, 4.69) is 4.98 Å². The predicted molar refractivity (Wildman–Crippen MR) is 111 cm³/mol. The van der Waals surface area contributed by atoms with Crippen LogP contribution >= 0.6 is 0 Å². The van der Waals surface area contributed by atoms with E-state index in [4.69, 9.17) is 13.9 Å². The van der Waals surface area contributed by atoms with E-state index in [1.807, 2.05) is 0 Å². The van der Waals surface area contributed by atoms with Crippen molar-refractivity contribution in [2.75, 3.05) is 6.79 Å². The number of H-pyrrole nitrogens is 1. The zero-order valence-electron chi connectivity index (χ0n) is 18.1. The molecule has 0 radical (unpaired) electrons. The summed E-state index contributed by atoms with van der Waals surface area (Å²) in [4.78, 5) is 52.9. The minimum absolute atomic E-state index is 0.0360. The molecule has 32 heavy (non-hydrogen) atoms. The number of amides is 1. The third-order valence-corrected chi connectivity index (χ3v) is 5.68. The maximum absolute atomic E-state index is 12.9. The number of nitrogens with one attached hydrogen (secondary N) is 1. The third kappa shape index (κ3) is 3.60. The number of hydrogen-bond acceptors (Lipinski definition) is 8. The van der Waals surface area contributed by atoms with Gasteiger partial charge in [0.15, 0.2) is 5.58 Å². The molecule has 1 saturated heterocycles. The van der Waals surface area contributed by atoms with Gasteiger partial charge in [0.1, 0.15) is 5.70 Å². The molecule has 1 fully saturated rings. The molecule has 2 aromatic rings. The van der Waals surface area contributed by atoms with Crippen molar-refractivity contribution < 1.29 is 33.4 Å². The second kappa shape index (κ2) is 7.63. The molecule has 0 spiro atoms. The smallest absolute Gasteiger partial charge is 0.417 e. The first kappa shape index (κ1) is 21.8. The van der Waals surface area contributed by atoms with Crippen LogP contribution < -0.4 is 5.76 Å². The molecule has 4 rings (SSSR count). The standard InChI is InChI=1S/C22H24N2O8/c1-10(25)16-14-8-12(11-5-6-15-13(7-11)23-21(29)32-15)17(24(14)18(16)26)19(27)30-9-31-20(28)22(2,3)4/h5-7,10,14,16,25H,8-9H2,1-4H3,(H,23,29)/t10-,14+,16+/m1/s1. The molecule has 10 nitrogen and oxygen atoms in total. The molecule has 0 saturated carbocycles. The minimum atomic E-state index is -0.874. The Bertz CT molecular complexity index is 1200. The molecule has 170 valence electrons. The Kier molecular flexibility index (Phi) is 5.20. The molecule has 2 N–H and O–H groups in total. The van der Waals surface area contributed by atoms with Gasteiger partial charge in [0.05, 0.1) is 29.0 Å². The van der Waals surface area contributed by atoms with Crippen LogP contribution in [0, 0.1) is 11.3 Å². The monoisotopic (exact) mass is 444 g/mol. The number of fused-ring (bicyclic) bond motifs is 2. The largest absolute Gasteiger partial charge is 0.427 e. The number of ether oxygens (including phenoxy) is 2. The second-order valence-corrected chi connectivity index (χ2v) is 9.03. The quantitative estimate of drug-likeness (QED) is 0.402. The van der Waals surface area contributed by atoms with Crippen molar-refractivity contribution in [3.05, 3.63) is 40.0 Å². The maximum atomic E-state index is 12.9. The lowest BCUT2D eigenvalue weighted by atomic mass is 9.82. The van der Waals surface area contributed by atoms with E-state index in [9.17, 15) is 24.3 Å². The van der Waals surface area contributed by atoms with Gasteiger partial charge in [-0.1, -0.05) is 6.07 Å². The summed E-state index contributed by atoms with van der Waals surface area (Å²) in [5.41, 5.74) is 1.21. The highest BCUT2D eigenvalue weighted by molar-refractivity contribution is 6.07. The SMILES string of the molecule is C[C@@H](O)[C@@H]1C(=O)N2C(C(=O)OCOC(=O)C(C)(C)C)=C(c3ccc4oc(=O)[nH]c4c3)C[C@@H]12. The van der Waals surface area contributed by atoms with Crippen molar-refractivity contribution in [1.29, 1.82) is 0 Å². The average molecular weight is 444 g/mol. The van der Waals surface area contributed by atoms with Gasteiger partial charge in [-0.2, -0.15) is 0 Å². The van der Waals surface area contributed by atoms with E-state index in [1.165, 1.54) is 11.8 Å². The summed E-state index contributed by atoms with van der Waals surface area (Å²) < 4.78 is 15.2. The molecule has 1 amide bonds. The fourth-order valence-corrected chi connectivity index (χ4v) is 4.08. The van der Waals surface area contributed by atoms with Crippen LogP contribution in [0.15, 0.2) is 33.1 Å². The van der Waals surface area contributed by atoms with Crippen molar-refractivity contribution in [1.82, 2.24) is 9.88 Å². The molecule has 1 aromatic carbocycles. The lowest BCUT2D eigenvalue weighted by molar-refractivity contribution is -0.175. The predicted octanol–water partition coefficient (Wildman–Crippen LogP) is 1.53. The highest BCUT2D eigenvalue weighted by atomic mass is 16.7. The molecule has 0 bridgehead atoms. The fraction of sp³-hybridized carbons (Fsp3) is 0.455. The summed E-state index contributed by atoms with van der Waals surface area (Å²) in [6.45, 7) is 5.95. The number of hydrogen-bond donors (Lipinski definition) is 2. The number of aliphatic hydroxyl groups is 1. The number of benzene rings is 1. The molecule has 3 heterocycles. The second-order valence-electron chi connectivity index (χ2n) is 9.03. The van der Waals surface area contributed by atoms with Crippen LogP contribution in [0.25, 0.3) is 16.7 Å². The number of esters is 2. The Balaban J connectivity index is 1.65. The van der Waals surface area contributed by atoms with E-state index in [0.29, 0.717) is 28.7 Å². The van der Waals surface area contributed by atoms with Crippen LogP contribution in [0.5, 0.6) is 0 Å². The molecule has 2 aliphatic rings. The Labute approximate surface area is 182 Å². The first-order chi connectivity index (χ1) is 15.0. The van der Waals surface area contributed by atoms with Crippen LogP contribution in [0.2, 0.25) is 0 Å². The molecule has 2 aliphatic heterocycles. The van der Waals surface area contributed by atoms with Gasteiger partial charge >= 0.3 is 17.7 Å². The number of β-lactam (4-membered cyclic amide) rings is 1. The molecule has 1 aromatic heterocycles. The number of rotatable bonds is 5. The van der Waals surface area contributed by atoms with Crippen molar-refractivity contribution in [3.63, 3.8) is 0 Å². The Morgan fingerprint density at radius 1 is 1.28 bits per heavy atom. The van der Waals surface area contributed by atoms with Crippen molar-refractivity contribution in [2.24, 2.45) is 11.3 Å². The number of nitrogens with zero attached hydrogens (tertiary/aromatic N) is 1. The average Bonchev–Trinajstić information content (AvgIpc) is 3.23. The normalized spacial score (nSPS) is 21.4. The summed E-state index contributed by atoms with van der Waals surface area (Å²) in [5.74, 6) is -2.97. The highest BCUT2D eigenvalue weighted by Crippen LogP contribution is 2.47. The summed E-state index contributed by atoms with van der Waals surface area (Å²) >= 11 is 0. The number of oxazole rings is 1. The van der Waals surface area contributed by atoms with Gasteiger partial charge in [-0.3, -0.25) is 14.6 Å². The van der Waals surface area contributed by atoms with Gasteiger partial charge < -0.3 is 23.9 Å². The first-order valence-corrected chi connectivity index (χ1v) is 10.2. The summed E-state index contributed by atoms with van der Waals surface area (Å²) in [6, 6.07) is 4.52. The lowest BCUT2D eigenvalue weighted by Crippen LogP contribution is -2.61. The summed E-state index contributed by atoms with van der Waals surface area (Å²) in [5, 5.41) is 10.0. The minimum Gasteiger partial charge on any atom is -0.427 e. The van der Waals surface area contributed by atoms with E-state index < -0.39 is 48.0 Å². The maximum Gasteiger partial charge on any atom is 0.417 e. The highest BCUT2D eigenvalue weighted by Gasteiger charge is 2.57. The number of carbonyl (C=O) groups excluding carboxylic acids is 3. The number of aromatic nitrogens is 1. The number of aliphatic hydroxyl groups excluding tert-OH is 1. The van der Waals surface area contributed by atoms with Crippen molar-refractivity contribution >= 4 is 34.5 Å². The van der Waals surface area contributed by atoms with Gasteiger partial charge in [-0.25, -0.2) is 9.59 Å². The zero-order valence-corrected chi connectivity index (χ0v) is 18.1. The first-order valence-electron chi connectivity index (χ1n) is 10.2. The van der Waals surface area contributed by atoms with Gasteiger partial charge in [0.25, 0.3) is 0 Å². The molecular weight excluding hydrogens is 420 g/mol. The zero-order chi connectivity index (χ0) is 23.4. The van der Waals surface area contributed by atoms with E-state index >= 15 is 0 Å². The Morgan fingerprint density at radius 2 is 2.00 bits per heavy atom. The van der Waals surface area contributed by atoms with E-state index in [1.54, 1.807) is 39.0 Å². The summed E-state index contributed by atoms with van der Waals surface area (Å²) in [6.07, 6.45) is -0.554. The van der Waals surface area contributed by atoms with Crippen molar-refractivity contribution in [2.45, 2.75) is 46.3 Å². The van der Waals surface area contributed by atoms with Gasteiger partial charge in [-0.05, 0) is 57.4 Å². The molecule has 0 aliphatic carbocycles. The van der Waals surface area contributed by atoms with Crippen molar-refractivity contribution in [3.8, 4) is 0 Å². The molecule has 3 atom stereocenters. The van der Waals surface area contributed by atoms with Crippen LogP contribution in [0.4, 0.5) is 0 Å².